The number of benzene rings is 2. The molecule has 7 nitrogen and oxygen atoms in total. The minimum absolute atomic E-state index is 0.256. The fourth-order valence-corrected chi connectivity index (χ4v) is 5.19. The van der Waals surface area contributed by atoms with Crippen molar-refractivity contribution >= 4 is 35.0 Å². The zero-order chi connectivity index (χ0) is 26.0. The molecule has 3 aromatic rings. The number of methoxy groups -OCH3 is 1. The first-order chi connectivity index (χ1) is 17.2. The number of thiazole rings is 1. The summed E-state index contributed by atoms with van der Waals surface area (Å²) < 4.78 is 18.6. The molecule has 1 aliphatic rings. The molecule has 0 saturated carbocycles. The third kappa shape index (κ3) is 5.10. The van der Waals surface area contributed by atoms with Crippen LogP contribution >= 0.6 is 22.9 Å². The Morgan fingerprint density at radius 1 is 1.19 bits per heavy atom. The van der Waals surface area contributed by atoms with Crippen molar-refractivity contribution in [3.05, 3.63) is 89.6 Å². The molecule has 0 fully saturated rings. The molecule has 0 spiro atoms. The lowest BCUT2D eigenvalue weighted by Crippen LogP contribution is -2.40. The van der Waals surface area contributed by atoms with Crippen molar-refractivity contribution in [3.8, 4) is 11.5 Å². The maximum absolute atomic E-state index is 13.7. The van der Waals surface area contributed by atoms with E-state index in [4.69, 9.17) is 25.8 Å². The van der Waals surface area contributed by atoms with E-state index in [1.54, 1.807) is 50.7 Å². The van der Waals surface area contributed by atoms with Crippen LogP contribution in [-0.4, -0.2) is 30.4 Å². The standard InChI is InChI=1S/C27H27ClN2O5S/c1-6-34-20-12-7-17(13-21(20)33-5)14-22-25(31)30-24(18-8-10-19(28)11-9-18)23(26(32)35-15(2)3)16(4)29-27(30)36-22/h7-15,24H,6H2,1-5H3/b22-14-/t24-/m0/s1. The molecule has 2 aromatic carbocycles. The molecule has 188 valence electrons. The summed E-state index contributed by atoms with van der Waals surface area (Å²) in [4.78, 5) is 32.0. The second-order valence-electron chi connectivity index (χ2n) is 8.43. The summed E-state index contributed by atoms with van der Waals surface area (Å²) in [7, 11) is 1.57. The number of esters is 1. The molecule has 1 aromatic heterocycles. The first-order valence-corrected chi connectivity index (χ1v) is 12.7. The second kappa shape index (κ2) is 10.7. The van der Waals surface area contributed by atoms with Crippen LogP contribution in [-0.2, 0) is 9.53 Å². The van der Waals surface area contributed by atoms with Crippen molar-refractivity contribution in [1.82, 2.24) is 4.57 Å². The first kappa shape index (κ1) is 25.7. The fourth-order valence-electron chi connectivity index (χ4n) is 4.02. The Bertz CT molecular complexity index is 1500. The Morgan fingerprint density at radius 2 is 1.92 bits per heavy atom. The predicted octanol–water partition coefficient (Wildman–Crippen LogP) is 4.25. The second-order valence-corrected chi connectivity index (χ2v) is 9.88. The molecule has 0 radical (unpaired) electrons. The minimum Gasteiger partial charge on any atom is -0.493 e. The van der Waals surface area contributed by atoms with E-state index < -0.39 is 12.0 Å². The number of nitrogens with zero attached hydrogens (tertiary/aromatic N) is 2. The zero-order valence-corrected chi connectivity index (χ0v) is 22.3. The number of rotatable bonds is 7. The first-order valence-electron chi connectivity index (χ1n) is 11.5. The lowest BCUT2D eigenvalue weighted by Gasteiger charge is -2.25. The summed E-state index contributed by atoms with van der Waals surface area (Å²) in [5.74, 6) is 0.703. The highest BCUT2D eigenvalue weighted by atomic mass is 35.5. The van der Waals surface area contributed by atoms with Crippen molar-refractivity contribution in [2.75, 3.05) is 13.7 Å². The van der Waals surface area contributed by atoms with E-state index in [-0.39, 0.29) is 11.7 Å². The van der Waals surface area contributed by atoms with E-state index in [2.05, 4.69) is 4.99 Å². The molecule has 0 bridgehead atoms. The normalized spacial score (nSPS) is 15.5. The van der Waals surface area contributed by atoms with Crippen LogP contribution in [0.5, 0.6) is 11.5 Å². The van der Waals surface area contributed by atoms with Gasteiger partial charge in [0.05, 0.1) is 41.7 Å². The molecule has 2 heterocycles. The molecule has 0 N–H and O–H groups in total. The van der Waals surface area contributed by atoms with Gasteiger partial charge in [0.15, 0.2) is 16.3 Å². The number of halogens is 1. The van der Waals surface area contributed by atoms with Crippen molar-refractivity contribution in [2.24, 2.45) is 4.99 Å². The monoisotopic (exact) mass is 526 g/mol. The van der Waals surface area contributed by atoms with Crippen LogP contribution in [0.3, 0.4) is 0 Å². The Kier molecular flexibility index (Phi) is 7.66. The number of hydrogen-bond donors (Lipinski definition) is 0. The number of carbonyl (C=O) groups excluding carboxylic acids is 1. The van der Waals surface area contributed by atoms with Crippen LogP contribution in [0.15, 0.2) is 63.5 Å². The average molecular weight is 527 g/mol. The lowest BCUT2D eigenvalue weighted by atomic mass is 9.96. The van der Waals surface area contributed by atoms with Gasteiger partial charge in [-0.3, -0.25) is 9.36 Å². The van der Waals surface area contributed by atoms with Crippen molar-refractivity contribution in [3.63, 3.8) is 0 Å². The Balaban J connectivity index is 1.89. The molecular weight excluding hydrogens is 500 g/mol. The number of allylic oxidation sites excluding steroid dienone is 1. The van der Waals surface area contributed by atoms with Crippen LogP contribution in [0.2, 0.25) is 5.02 Å². The van der Waals surface area contributed by atoms with E-state index in [0.717, 1.165) is 11.1 Å². The van der Waals surface area contributed by atoms with Gasteiger partial charge >= 0.3 is 5.97 Å². The molecule has 0 aliphatic carbocycles. The average Bonchev–Trinajstić information content (AvgIpc) is 3.13. The third-order valence-corrected chi connectivity index (χ3v) is 6.79. The molecule has 4 rings (SSSR count). The van der Waals surface area contributed by atoms with Gasteiger partial charge in [0.1, 0.15) is 0 Å². The van der Waals surface area contributed by atoms with E-state index in [9.17, 15) is 9.59 Å². The quantitative estimate of drug-likeness (QED) is 0.430. The maximum atomic E-state index is 13.7. The number of fused-ring (bicyclic) bond motifs is 1. The Labute approximate surface area is 217 Å². The molecule has 0 amide bonds. The molecule has 0 saturated heterocycles. The van der Waals surface area contributed by atoms with Crippen LogP contribution in [0.1, 0.15) is 44.9 Å². The topological polar surface area (TPSA) is 79.1 Å². The van der Waals surface area contributed by atoms with Gasteiger partial charge in [-0.1, -0.05) is 41.1 Å². The van der Waals surface area contributed by atoms with Crippen molar-refractivity contribution in [1.29, 1.82) is 0 Å². The highest BCUT2D eigenvalue weighted by molar-refractivity contribution is 7.07. The molecule has 1 aliphatic heterocycles. The molecule has 36 heavy (non-hydrogen) atoms. The summed E-state index contributed by atoms with van der Waals surface area (Å²) >= 11 is 7.38. The third-order valence-electron chi connectivity index (χ3n) is 5.56. The van der Waals surface area contributed by atoms with Crippen LogP contribution < -0.4 is 24.4 Å². The highest BCUT2D eigenvalue weighted by Gasteiger charge is 2.33. The summed E-state index contributed by atoms with van der Waals surface area (Å²) in [6.07, 6.45) is 1.47. The number of aromatic nitrogens is 1. The van der Waals surface area contributed by atoms with Gasteiger partial charge < -0.3 is 14.2 Å². The van der Waals surface area contributed by atoms with Gasteiger partial charge in [-0.05, 0) is 69.2 Å². The highest BCUT2D eigenvalue weighted by Crippen LogP contribution is 2.32. The van der Waals surface area contributed by atoms with Crippen LogP contribution in [0.25, 0.3) is 6.08 Å². The maximum Gasteiger partial charge on any atom is 0.338 e. The number of hydrogen-bond acceptors (Lipinski definition) is 7. The summed E-state index contributed by atoms with van der Waals surface area (Å²) in [6, 6.07) is 11.9. The van der Waals surface area contributed by atoms with Crippen LogP contribution in [0.4, 0.5) is 0 Å². The number of ether oxygens (including phenoxy) is 3. The zero-order valence-electron chi connectivity index (χ0n) is 20.7. The van der Waals surface area contributed by atoms with E-state index in [1.807, 2.05) is 37.3 Å². The van der Waals surface area contributed by atoms with Gasteiger partial charge in [0.25, 0.3) is 5.56 Å². The van der Waals surface area contributed by atoms with Gasteiger partial charge in [-0.15, -0.1) is 0 Å². The van der Waals surface area contributed by atoms with E-state index >= 15 is 0 Å². The van der Waals surface area contributed by atoms with Gasteiger partial charge in [-0.25, -0.2) is 9.79 Å². The van der Waals surface area contributed by atoms with Crippen molar-refractivity contribution < 1.29 is 19.0 Å². The van der Waals surface area contributed by atoms with E-state index in [0.29, 0.717) is 43.7 Å². The largest absolute Gasteiger partial charge is 0.493 e. The Morgan fingerprint density at radius 3 is 2.56 bits per heavy atom. The molecule has 1 atom stereocenters. The SMILES string of the molecule is CCOc1ccc(/C=c2\sc3n(c2=O)[C@@H](c2ccc(Cl)cc2)C(C(=O)OC(C)C)=C(C)N=3)cc1OC. The Hall–Kier alpha value is -3.36. The molecule has 0 unspecified atom stereocenters. The van der Waals surface area contributed by atoms with Crippen molar-refractivity contribution in [2.45, 2.75) is 39.8 Å². The van der Waals surface area contributed by atoms with Gasteiger partial charge in [0, 0.05) is 5.02 Å². The van der Waals surface area contributed by atoms with Gasteiger partial charge in [0.2, 0.25) is 0 Å². The van der Waals surface area contributed by atoms with E-state index in [1.165, 1.54) is 11.3 Å². The fraction of sp³-hybridized carbons (Fsp3) is 0.296. The lowest BCUT2D eigenvalue weighted by molar-refractivity contribution is -0.143. The van der Waals surface area contributed by atoms with Crippen LogP contribution in [0, 0.1) is 0 Å². The number of carbonyl (C=O) groups is 1. The molecule has 9 heteroatoms. The predicted molar refractivity (Wildman–Crippen MR) is 141 cm³/mol. The summed E-state index contributed by atoms with van der Waals surface area (Å²) in [5.41, 5.74) is 2.09. The summed E-state index contributed by atoms with van der Waals surface area (Å²) in [6.45, 7) is 7.74. The molecular formula is C27H27ClN2O5S. The summed E-state index contributed by atoms with van der Waals surface area (Å²) in [5, 5.41) is 0.558. The van der Waals surface area contributed by atoms with Gasteiger partial charge in [-0.2, -0.15) is 0 Å². The minimum atomic E-state index is -0.693. The smallest absolute Gasteiger partial charge is 0.338 e.